The van der Waals surface area contributed by atoms with Crippen LogP contribution in [0.3, 0.4) is 0 Å². The zero-order valence-corrected chi connectivity index (χ0v) is 16.4. The minimum Gasteiger partial charge on any atom is -0.379 e. The molecule has 140 valence electrons. The third-order valence-electron chi connectivity index (χ3n) is 4.00. The van der Waals surface area contributed by atoms with Gasteiger partial charge in [0.05, 0.1) is 18.9 Å². The van der Waals surface area contributed by atoms with E-state index in [-0.39, 0.29) is 23.7 Å². The van der Waals surface area contributed by atoms with E-state index < -0.39 is 22.0 Å². The Morgan fingerprint density at radius 3 is 2.73 bits per heavy atom. The van der Waals surface area contributed by atoms with E-state index in [1.165, 1.54) is 27.7 Å². The molecular formula is C15H18BrN5O4S. The summed E-state index contributed by atoms with van der Waals surface area (Å²) < 4.78 is 34.6. The van der Waals surface area contributed by atoms with Crippen LogP contribution in [0.5, 0.6) is 0 Å². The smallest absolute Gasteiger partial charge is 0.249 e. The van der Waals surface area contributed by atoms with Crippen LogP contribution < -0.4 is 5.32 Å². The average molecular weight is 444 g/mol. The highest BCUT2D eigenvalue weighted by Crippen LogP contribution is 2.29. The van der Waals surface area contributed by atoms with Crippen molar-refractivity contribution in [3.05, 3.63) is 35.3 Å². The summed E-state index contributed by atoms with van der Waals surface area (Å²) in [6.45, 7) is 2.89. The molecule has 0 saturated carbocycles. The Bertz CT molecular complexity index is 881. The van der Waals surface area contributed by atoms with Gasteiger partial charge in [-0.05, 0) is 25.1 Å². The van der Waals surface area contributed by atoms with Crippen molar-refractivity contribution in [3.63, 3.8) is 0 Å². The van der Waals surface area contributed by atoms with Gasteiger partial charge in [-0.1, -0.05) is 15.9 Å². The minimum atomic E-state index is -3.77. The fraction of sp³-hybridized carbons (Fsp3) is 0.400. The van der Waals surface area contributed by atoms with Gasteiger partial charge in [0.25, 0.3) is 0 Å². The standard InChI is InChI=1S/C15H18BrN5O4S/c1-11(21-10-17-9-18-21)15(22)19-13-3-2-12(16)8-14(13)26(23,24)20-4-6-25-7-5-20/h2-3,8-11H,4-7H2,1H3,(H,19,22). The van der Waals surface area contributed by atoms with Crippen molar-refractivity contribution in [3.8, 4) is 0 Å². The maximum Gasteiger partial charge on any atom is 0.249 e. The van der Waals surface area contributed by atoms with Gasteiger partial charge in [0.15, 0.2) is 0 Å². The molecule has 9 nitrogen and oxygen atoms in total. The molecule has 2 aromatic rings. The summed E-state index contributed by atoms with van der Waals surface area (Å²) in [6.07, 6.45) is 2.76. The number of sulfonamides is 1. The number of nitrogens with zero attached hydrogens (tertiary/aromatic N) is 4. The van der Waals surface area contributed by atoms with Gasteiger partial charge in [-0.15, -0.1) is 0 Å². The molecule has 3 rings (SSSR count). The number of aromatic nitrogens is 3. The van der Waals surface area contributed by atoms with Crippen molar-refractivity contribution in [2.45, 2.75) is 17.9 Å². The van der Waals surface area contributed by atoms with E-state index in [0.29, 0.717) is 17.7 Å². The molecule has 26 heavy (non-hydrogen) atoms. The number of halogens is 1. The summed E-state index contributed by atoms with van der Waals surface area (Å²) in [6, 6.07) is 4.08. The second-order valence-corrected chi connectivity index (χ2v) is 8.52. The highest BCUT2D eigenvalue weighted by Gasteiger charge is 2.30. The van der Waals surface area contributed by atoms with Crippen molar-refractivity contribution in [1.29, 1.82) is 0 Å². The number of hydrogen-bond acceptors (Lipinski definition) is 6. The Kier molecular flexibility index (Phi) is 5.70. The Morgan fingerprint density at radius 1 is 1.35 bits per heavy atom. The van der Waals surface area contributed by atoms with Crippen LogP contribution in [0.15, 0.2) is 40.2 Å². The molecule has 1 fully saturated rings. The van der Waals surface area contributed by atoms with Crippen LogP contribution in [-0.2, 0) is 19.6 Å². The number of carbonyl (C=O) groups excluding carboxylic acids is 1. The van der Waals surface area contributed by atoms with Crippen LogP contribution in [-0.4, -0.2) is 59.7 Å². The Labute approximate surface area is 159 Å². The molecule has 2 heterocycles. The zero-order chi connectivity index (χ0) is 18.7. The Balaban J connectivity index is 1.89. The molecule has 1 saturated heterocycles. The minimum absolute atomic E-state index is 0.0351. The molecule has 0 radical (unpaired) electrons. The first-order valence-corrected chi connectivity index (χ1v) is 10.2. The van der Waals surface area contributed by atoms with Crippen LogP contribution >= 0.6 is 15.9 Å². The summed E-state index contributed by atoms with van der Waals surface area (Å²) in [7, 11) is -3.77. The number of anilines is 1. The predicted octanol–water partition coefficient (Wildman–Crippen LogP) is 1.26. The number of morpholine rings is 1. The zero-order valence-electron chi connectivity index (χ0n) is 14.0. The molecule has 1 N–H and O–H groups in total. The largest absolute Gasteiger partial charge is 0.379 e. The summed E-state index contributed by atoms with van der Waals surface area (Å²) >= 11 is 3.30. The third-order valence-corrected chi connectivity index (χ3v) is 6.43. The maximum absolute atomic E-state index is 13.0. The van der Waals surface area contributed by atoms with Gasteiger partial charge < -0.3 is 10.1 Å². The highest BCUT2D eigenvalue weighted by molar-refractivity contribution is 9.10. The summed E-state index contributed by atoms with van der Waals surface area (Å²) in [5, 5.41) is 6.62. The molecule has 1 amide bonds. The molecule has 1 aromatic carbocycles. The number of hydrogen-bond donors (Lipinski definition) is 1. The van der Waals surface area contributed by atoms with Crippen LogP contribution in [0, 0.1) is 0 Å². The Hall–Kier alpha value is -1.82. The molecule has 0 aliphatic carbocycles. The molecule has 1 aliphatic rings. The average Bonchev–Trinajstić information content (AvgIpc) is 3.17. The lowest BCUT2D eigenvalue weighted by Crippen LogP contribution is -2.41. The predicted molar refractivity (Wildman–Crippen MR) is 97.1 cm³/mol. The molecule has 11 heteroatoms. The second-order valence-electron chi connectivity index (χ2n) is 5.70. The number of ether oxygens (including phenoxy) is 1. The number of amides is 1. The van der Waals surface area contributed by atoms with E-state index in [1.807, 2.05) is 0 Å². The summed E-state index contributed by atoms with van der Waals surface area (Å²) in [5.41, 5.74) is 0.219. The van der Waals surface area contributed by atoms with E-state index in [2.05, 4.69) is 31.3 Å². The van der Waals surface area contributed by atoms with Crippen molar-refractivity contribution < 1.29 is 17.9 Å². The van der Waals surface area contributed by atoms with Gasteiger partial charge in [0, 0.05) is 17.6 Å². The van der Waals surface area contributed by atoms with Crippen LogP contribution in [0.25, 0.3) is 0 Å². The topological polar surface area (TPSA) is 106 Å². The van der Waals surface area contributed by atoms with Gasteiger partial charge in [-0.2, -0.15) is 9.40 Å². The monoisotopic (exact) mass is 443 g/mol. The van der Waals surface area contributed by atoms with Crippen molar-refractivity contribution in [1.82, 2.24) is 19.1 Å². The third kappa shape index (κ3) is 3.95. The van der Waals surface area contributed by atoms with E-state index in [4.69, 9.17) is 4.74 Å². The number of carbonyl (C=O) groups is 1. The number of rotatable bonds is 5. The van der Waals surface area contributed by atoms with Crippen molar-refractivity contribution >= 4 is 37.5 Å². The van der Waals surface area contributed by atoms with E-state index in [1.54, 1.807) is 19.1 Å². The lowest BCUT2D eigenvalue weighted by Gasteiger charge is -2.27. The second kappa shape index (κ2) is 7.82. The van der Waals surface area contributed by atoms with Crippen LogP contribution in [0.2, 0.25) is 0 Å². The molecule has 1 aromatic heterocycles. The quantitative estimate of drug-likeness (QED) is 0.745. The lowest BCUT2D eigenvalue weighted by atomic mass is 10.2. The molecule has 0 bridgehead atoms. The van der Waals surface area contributed by atoms with Gasteiger partial charge in [0.1, 0.15) is 23.6 Å². The van der Waals surface area contributed by atoms with Gasteiger partial charge in [-0.3, -0.25) is 4.79 Å². The van der Waals surface area contributed by atoms with Crippen LogP contribution in [0.4, 0.5) is 5.69 Å². The number of benzene rings is 1. The first-order chi connectivity index (χ1) is 12.4. The maximum atomic E-state index is 13.0. The molecule has 1 aliphatic heterocycles. The molecule has 0 spiro atoms. The highest BCUT2D eigenvalue weighted by atomic mass is 79.9. The summed E-state index contributed by atoms with van der Waals surface area (Å²) in [5.74, 6) is -0.392. The SMILES string of the molecule is CC(C(=O)Nc1ccc(Br)cc1S(=O)(=O)N1CCOCC1)n1cncn1. The van der Waals surface area contributed by atoms with Crippen molar-refractivity contribution in [2.24, 2.45) is 0 Å². The normalized spacial score (nSPS) is 17.0. The Morgan fingerprint density at radius 2 is 2.08 bits per heavy atom. The number of nitrogens with one attached hydrogen (secondary N) is 1. The first-order valence-electron chi connectivity index (χ1n) is 7.92. The van der Waals surface area contributed by atoms with E-state index in [0.717, 1.165) is 0 Å². The van der Waals surface area contributed by atoms with Gasteiger partial charge >= 0.3 is 0 Å². The van der Waals surface area contributed by atoms with Crippen LogP contribution in [0.1, 0.15) is 13.0 Å². The van der Waals surface area contributed by atoms with Gasteiger partial charge in [-0.25, -0.2) is 18.1 Å². The van der Waals surface area contributed by atoms with Gasteiger partial charge in [0.2, 0.25) is 15.9 Å². The van der Waals surface area contributed by atoms with E-state index in [9.17, 15) is 13.2 Å². The van der Waals surface area contributed by atoms with E-state index >= 15 is 0 Å². The fourth-order valence-electron chi connectivity index (χ4n) is 2.51. The molecule has 1 unspecified atom stereocenters. The summed E-state index contributed by atoms with van der Waals surface area (Å²) in [4.78, 5) is 16.4. The molecule has 1 atom stereocenters. The molecular weight excluding hydrogens is 426 g/mol. The first kappa shape index (κ1) is 19.0. The lowest BCUT2D eigenvalue weighted by molar-refractivity contribution is -0.119. The van der Waals surface area contributed by atoms with Crippen molar-refractivity contribution in [2.75, 3.05) is 31.6 Å². The fourth-order valence-corrected chi connectivity index (χ4v) is 4.61.